The second-order valence-corrected chi connectivity index (χ2v) is 8.47. The maximum atomic E-state index is 6.31. The molecule has 0 bridgehead atoms. The van der Waals surface area contributed by atoms with Crippen molar-refractivity contribution in [3.8, 4) is 0 Å². The molecule has 2 rings (SSSR count). The first kappa shape index (κ1) is 17.2. The van der Waals surface area contributed by atoms with Crippen LogP contribution in [0.4, 0.5) is 0 Å². The fraction of sp³-hybridized carbons (Fsp3) is 1.00. The monoisotopic (exact) mass is 299 g/mol. The van der Waals surface area contributed by atoms with Gasteiger partial charge in [0.25, 0.3) is 0 Å². The highest BCUT2D eigenvalue weighted by Crippen LogP contribution is 2.47. The zero-order valence-electron chi connectivity index (χ0n) is 14.9. The Kier molecular flexibility index (Phi) is 4.49. The van der Waals surface area contributed by atoms with Gasteiger partial charge in [-0.2, -0.15) is 0 Å². The smallest absolute Gasteiger partial charge is 0.171 e. The van der Waals surface area contributed by atoms with Gasteiger partial charge in [-0.15, -0.1) is 0 Å². The van der Waals surface area contributed by atoms with Gasteiger partial charge in [-0.1, -0.05) is 6.92 Å². The van der Waals surface area contributed by atoms with Gasteiger partial charge in [0.1, 0.15) is 0 Å². The van der Waals surface area contributed by atoms with E-state index in [4.69, 9.17) is 14.2 Å². The van der Waals surface area contributed by atoms with Crippen molar-refractivity contribution < 1.29 is 14.2 Å². The fourth-order valence-electron chi connectivity index (χ4n) is 3.77. The van der Waals surface area contributed by atoms with Gasteiger partial charge in [0.2, 0.25) is 0 Å². The van der Waals surface area contributed by atoms with Crippen LogP contribution in [-0.4, -0.2) is 55.2 Å². The number of hydrogen-bond acceptors (Lipinski definition) is 4. The maximum absolute atomic E-state index is 6.31. The van der Waals surface area contributed by atoms with Crippen molar-refractivity contribution in [1.82, 2.24) is 4.90 Å². The van der Waals surface area contributed by atoms with Crippen molar-refractivity contribution in [3.05, 3.63) is 0 Å². The van der Waals surface area contributed by atoms with E-state index >= 15 is 0 Å². The van der Waals surface area contributed by atoms with Crippen LogP contribution in [0.1, 0.15) is 54.4 Å². The van der Waals surface area contributed by atoms with Crippen LogP contribution in [-0.2, 0) is 14.2 Å². The van der Waals surface area contributed by atoms with E-state index in [9.17, 15) is 0 Å². The lowest BCUT2D eigenvalue weighted by molar-refractivity contribution is -0.342. The molecule has 2 aliphatic rings. The molecular formula is C17H33NO3. The van der Waals surface area contributed by atoms with Gasteiger partial charge < -0.3 is 14.2 Å². The summed E-state index contributed by atoms with van der Waals surface area (Å²) in [5.41, 5.74) is 0.101. The van der Waals surface area contributed by atoms with Crippen LogP contribution < -0.4 is 0 Å². The maximum Gasteiger partial charge on any atom is 0.171 e. The molecule has 2 fully saturated rings. The van der Waals surface area contributed by atoms with Crippen molar-refractivity contribution in [2.75, 3.05) is 33.5 Å². The standard InChI is InChI=1S/C17H33NO3/c1-8-19-11-16(6)12-20-17(21-13-16)9-14(2,3)18(7)15(4,5)10-17/h8-13H2,1-7H3. The molecule has 4 nitrogen and oxygen atoms in total. The summed E-state index contributed by atoms with van der Waals surface area (Å²) in [6.07, 6.45) is 1.81. The number of rotatable bonds is 3. The highest BCUT2D eigenvalue weighted by Gasteiger charge is 2.55. The summed E-state index contributed by atoms with van der Waals surface area (Å²) >= 11 is 0. The average molecular weight is 299 g/mol. The summed E-state index contributed by atoms with van der Waals surface area (Å²) in [5, 5.41) is 0. The van der Waals surface area contributed by atoms with Crippen molar-refractivity contribution in [3.63, 3.8) is 0 Å². The Morgan fingerprint density at radius 1 is 0.952 bits per heavy atom. The molecule has 0 aliphatic carbocycles. The van der Waals surface area contributed by atoms with Gasteiger partial charge in [-0.3, -0.25) is 4.90 Å². The van der Waals surface area contributed by atoms with Gasteiger partial charge in [-0.25, -0.2) is 0 Å². The average Bonchev–Trinajstić information content (AvgIpc) is 2.38. The number of ether oxygens (including phenoxy) is 3. The second kappa shape index (κ2) is 5.48. The molecule has 0 aromatic heterocycles. The van der Waals surface area contributed by atoms with E-state index in [0.717, 1.165) is 19.4 Å². The Hall–Kier alpha value is -0.160. The third-order valence-electron chi connectivity index (χ3n) is 5.24. The van der Waals surface area contributed by atoms with E-state index < -0.39 is 5.79 Å². The molecule has 2 heterocycles. The van der Waals surface area contributed by atoms with Crippen molar-refractivity contribution >= 4 is 0 Å². The minimum atomic E-state index is -0.439. The molecule has 2 saturated heterocycles. The Balaban J connectivity index is 2.09. The number of hydrogen-bond donors (Lipinski definition) is 0. The molecule has 4 heteroatoms. The Morgan fingerprint density at radius 3 is 1.86 bits per heavy atom. The Bertz CT molecular complexity index is 350. The molecule has 0 aromatic carbocycles. The summed E-state index contributed by atoms with van der Waals surface area (Å²) in [6, 6.07) is 0. The predicted molar refractivity (Wildman–Crippen MR) is 84.4 cm³/mol. The SMILES string of the molecule is CCOCC1(C)COC2(CC(C)(C)N(C)C(C)(C)C2)OC1. The van der Waals surface area contributed by atoms with E-state index in [2.05, 4.69) is 46.6 Å². The van der Waals surface area contributed by atoms with Crippen LogP contribution in [0, 0.1) is 5.41 Å². The summed E-state index contributed by atoms with van der Waals surface area (Å²) in [4.78, 5) is 2.45. The molecule has 0 amide bonds. The van der Waals surface area contributed by atoms with Gasteiger partial charge in [0, 0.05) is 35.9 Å². The summed E-state index contributed by atoms with van der Waals surface area (Å²) < 4.78 is 18.2. The largest absolute Gasteiger partial charge is 0.381 e. The lowest BCUT2D eigenvalue weighted by atomic mass is 9.75. The first-order chi connectivity index (χ1) is 9.54. The zero-order valence-corrected chi connectivity index (χ0v) is 14.9. The lowest BCUT2D eigenvalue weighted by Crippen LogP contribution is -2.67. The van der Waals surface area contributed by atoms with Gasteiger partial charge in [-0.05, 0) is 41.7 Å². The van der Waals surface area contributed by atoms with E-state index in [-0.39, 0.29) is 16.5 Å². The van der Waals surface area contributed by atoms with Crippen LogP contribution in [0.5, 0.6) is 0 Å². The van der Waals surface area contributed by atoms with Crippen molar-refractivity contribution in [1.29, 1.82) is 0 Å². The fourth-order valence-corrected chi connectivity index (χ4v) is 3.77. The van der Waals surface area contributed by atoms with E-state index in [1.165, 1.54) is 0 Å². The molecule has 1 spiro atoms. The molecular weight excluding hydrogens is 266 g/mol. The molecule has 124 valence electrons. The molecule has 0 unspecified atom stereocenters. The highest BCUT2D eigenvalue weighted by molar-refractivity contribution is 5.04. The predicted octanol–water partition coefficient (Wildman–Crippen LogP) is 3.06. The third-order valence-corrected chi connectivity index (χ3v) is 5.24. The summed E-state index contributed by atoms with van der Waals surface area (Å²) in [7, 11) is 2.20. The molecule has 0 atom stereocenters. The molecule has 0 saturated carbocycles. The zero-order chi connectivity index (χ0) is 15.9. The first-order valence-corrected chi connectivity index (χ1v) is 8.14. The van der Waals surface area contributed by atoms with Gasteiger partial charge in [0.05, 0.1) is 19.8 Å². The van der Waals surface area contributed by atoms with Crippen LogP contribution in [0.3, 0.4) is 0 Å². The molecule has 0 radical (unpaired) electrons. The normalized spacial score (nSPS) is 30.4. The third kappa shape index (κ3) is 3.44. The second-order valence-electron chi connectivity index (χ2n) is 8.47. The summed E-state index contributed by atoms with van der Waals surface area (Å²) in [6.45, 7) is 16.2. The quantitative estimate of drug-likeness (QED) is 0.801. The van der Waals surface area contributed by atoms with Crippen LogP contribution >= 0.6 is 0 Å². The van der Waals surface area contributed by atoms with Crippen LogP contribution in [0.15, 0.2) is 0 Å². The molecule has 21 heavy (non-hydrogen) atoms. The van der Waals surface area contributed by atoms with Crippen LogP contribution in [0.25, 0.3) is 0 Å². The van der Waals surface area contributed by atoms with Crippen molar-refractivity contribution in [2.24, 2.45) is 5.41 Å². The lowest BCUT2D eigenvalue weighted by Gasteiger charge is -2.59. The minimum absolute atomic E-state index is 0.0289. The van der Waals surface area contributed by atoms with Crippen LogP contribution in [0.2, 0.25) is 0 Å². The van der Waals surface area contributed by atoms with E-state index in [1.54, 1.807) is 0 Å². The minimum Gasteiger partial charge on any atom is -0.381 e. The number of likely N-dealkylation sites (tertiary alicyclic amines) is 1. The molecule has 0 N–H and O–H groups in total. The van der Waals surface area contributed by atoms with E-state index in [0.29, 0.717) is 19.8 Å². The highest BCUT2D eigenvalue weighted by atomic mass is 16.7. The topological polar surface area (TPSA) is 30.9 Å². The van der Waals surface area contributed by atoms with Gasteiger partial charge in [0.15, 0.2) is 5.79 Å². The number of nitrogens with zero attached hydrogens (tertiary/aromatic N) is 1. The summed E-state index contributed by atoms with van der Waals surface area (Å²) in [5.74, 6) is -0.439. The molecule has 2 aliphatic heterocycles. The Morgan fingerprint density at radius 2 is 1.43 bits per heavy atom. The number of piperidine rings is 1. The van der Waals surface area contributed by atoms with Gasteiger partial charge >= 0.3 is 0 Å². The first-order valence-electron chi connectivity index (χ1n) is 8.14. The van der Waals surface area contributed by atoms with E-state index in [1.807, 2.05) is 6.92 Å². The molecule has 0 aromatic rings. The van der Waals surface area contributed by atoms with Crippen molar-refractivity contribution in [2.45, 2.75) is 71.2 Å². The Labute approximate surface area is 130 Å².